The number of carbonyl (C=O) groups excluding carboxylic acids is 2. The lowest BCUT2D eigenvalue weighted by molar-refractivity contribution is -0.132. The molecule has 3 aliphatic carbocycles. The number of amides is 2. The molecular weight excluding hydrogens is 483 g/mol. The molecule has 0 saturated heterocycles. The molecule has 1 aromatic carbocycles. The van der Waals surface area contributed by atoms with Crippen LogP contribution in [-0.4, -0.2) is 45.7 Å². The number of ether oxygens (including phenoxy) is 1. The van der Waals surface area contributed by atoms with Crippen LogP contribution in [0.2, 0.25) is 10.0 Å². The van der Waals surface area contributed by atoms with E-state index in [1.54, 1.807) is 12.1 Å². The summed E-state index contributed by atoms with van der Waals surface area (Å²) in [5.74, 6) is -1.49. The average Bonchev–Trinajstić information content (AvgIpc) is 3.27. The van der Waals surface area contributed by atoms with Crippen molar-refractivity contribution in [1.29, 1.82) is 0 Å². The lowest BCUT2D eigenvalue weighted by Crippen LogP contribution is -2.70. The van der Waals surface area contributed by atoms with Gasteiger partial charge in [0.05, 0.1) is 21.7 Å². The molecule has 3 fully saturated rings. The van der Waals surface area contributed by atoms with Crippen LogP contribution in [0.4, 0.5) is 8.78 Å². The molecule has 0 spiro atoms. The first-order chi connectivity index (χ1) is 15.6. The maximum absolute atomic E-state index is 12.7. The van der Waals surface area contributed by atoms with Crippen molar-refractivity contribution in [3.63, 3.8) is 0 Å². The lowest BCUT2D eigenvalue weighted by atomic mass is 9.60. The first kappa shape index (κ1) is 23.7. The topological polar surface area (TPSA) is 114 Å². The molecule has 12 heteroatoms. The van der Waals surface area contributed by atoms with Crippen LogP contribution in [0.5, 0.6) is 5.75 Å². The SMILES string of the molecule is O=C(COc1ccc(Cl)c(Cl)c1)NC12CCC(NC(=O)c3coc(C(F)F)n3)(CC1)CC2O. The average molecular weight is 504 g/mol. The Morgan fingerprint density at radius 2 is 1.94 bits per heavy atom. The van der Waals surface area contributed by atoms with Crippen molar-refractivity contribution < 1.29 is 32.6 Å². The first-order valence-corrected chi connectivity index (χ1v) is 11.0. The van der Waals surface area contributed by atoms with Crippen molar-refractivity contribution in [3.8, 4) is 5.75 Å². The van der Waals surface area contributed by atoms with Crippen molar-refractivity contribution in [2.24, 2.45) is 0 Å². The van der Waals surface area contributed by atoms with E-state index >= 15 is 0 Å². The summed E-state index contributed by atoms with van der Waals surface area (Å²) in [5.41, 5.74) is -1.80. The Morgan fingerprint density at radius 1 is 1.21 bits per heavy atom. The molecule has 1 heterocycles. The van der Waals surface area contributed by atoms with Crippen molar-refractivity contribution in [2.75, 3.05) is 6.61 Å². The van der Waals surface area contributed by atoms with Gasteiger partial charge >= 0.3 is 6.43 Å². The highest BCUT2D eigenvalue weighted by Crippen LogP contribution is 2.47. The zero-order valence-electron chi connectivity index (χ0n) is 17.2. The number of hydrogen-bond acceptors (Lipinski definition) is 6. The molecule has 1 aromatic heterocycles. The molecule has 178 valence electrons. The molecule has 2 bridgehead atoms. The summed E-state index contributed by atoms with van der Waals surface area (Å²) in [5, 5.41) is 17.2. The number of alkyl halides is 2. The molecule has 5 rings (SSSR count). The fourth-order valence-corrected chi connectivity index (χ4v) is 4.78. The third-order valence-electron chi connectivity index (χ3n) is 6.29. The first-order valence-electron chi connectivity index (χ1n) is 10.2. The van der Waals surface area contributed by atoms with Gasteiger partial charge in [0, 0.05) is 11.6 Å². The maximum atomic E-state index is 12.7. The number of nitrogens with zero attached hydrogens (tertiary/aromatic N) is 1. The molecule has 3 N–H and O–H groups in total. The fourth-order valence-electron chi connectivity index (χ4n) is 4.49. The Bertz CT molecular complexity index is 1060. The van der Waals surface area contributed by atoms with Crippen LogP contribution in [0.3, 0.4) is 0 Å². The summed E-state index contributed by atoms with van der Waals surface area (Å²) < 4.78 is 35.4. The number of aliphatic hydroxyl groups excluding tert-OH is 1. The zero-order valence-corrected chi connectivity index (χ0v) is 18.8. The van der Waals surface area contributed by atoms with Crippen LogP contribution in [0.1, 0.15) is 54.9 Å². The van der Waals surface area contributed by atoms with Gasteiger partial charge in [0.2, 0.25) is 0 Å². The summed E-state index contributed by atoms with van der Waals surface area (Å²) in [4.78, 5) is 28.5. The number of oxazole rings is 1. The summed E-state index contributed by atoms with van der Waals surface area (Å²) in [6, 6.07) is 4.65. The minimum atomic E-state index is -2.92. The lowest BCUT2D eigenvalue weighted by Gasteiger charge is -2.56. The number of nitrogens with one attached hydrogen (secondary N) is 2. The van der Waals surface area contributed by atoms with E-state index < -0.39 is 41.3 Å². The van der Waals surface area contributed by atoms with Crippen LogP contribution in [0.25, 0.3) is 0 Å². The van der Waals surface area contributed by atoms with E-state index in [1.165, 1.54) is 6.07 Å². The Hall–Kier alpha value is -2.43. The van der Waals surface area contributed by atoms with Crippen molar-refractivity contribution >= 4 is 35.0 Å². The van der Waals surface area contributed by atoms with Gasteiger partial charge in [-0.05, 0) is 44.2 Å². The van der Waals surface area contributed by atoms with Crippen molar-refractivity contribution in [2.45, 2.75) is 55.7 Å². The van der Waals surface area contributed by atoms with E-state index in [0.717, 1.165) is 6.26 Å². The molecule has 3 saturated carbocycles. The molecule has 8 nitrogen and oxygen atoms in total. The smallest absolute Gasteiger partial charge is 0.313 e. The minimum Gasteiger partial charge on any atom is -0.484 e. The van der Waals surface area contributed by atoms with E-state index in [-0.39, 0.29) is 18.7 Å². The third-order valence-corrected chi connectivity index (χ3v) is 7.03. The van der Waals surface area contributed by atoms with E-state index in [0.29, 0.717) is 41.5 Å². The predicted octanol–water partition coefficient (Wildman–Crippen LogP) is 3.66. The van der Waals surface area contributed by atoms with Gasteiger partial charge in [0.25, 0.3) is 17.7 Å². The molecule has 1 unspecified atom stereocenters. The van der Waals surface area contributed by atoms with Gasteiger partial charge in [0.1, 0.15) is 12.0 Å². The molecule has 2 aromatic rings. The Morgan fingerprint density at radius 3 is 2.55 bits per heavy atom. The second-order valence-corrected chi connectivity index (χ2v) is 9.21. The molecule has 33 heavy (non-hydrogen) atoms. The number of aliphatic hydroxyl groups is 1. The van der Waals surface area contributed by atoms with Gasteiger partial charge in [-0.25, -0.2) is 4.98 Å². The van der Waals surface area contributed by atoms with E-state index in [9.17, 15) is 23.5 Å². The van der Waals surface area contributed by atoms with Crippen LogP contribution in [0, 0.1) is 0 Å². The van der Waals surface area contributed by atoms with Gasteiger partial charge in [-0.1, -0.05) is 23.2 Å². The maximum Gasteiger partial charge on any atom is 0.313 e. The summed E-state index contributed by atoms with van der Waals surface area (Å²) >= 11 is 11.8. The highest BCUT2D eigenvalue weighted by molar-refractivity contribution is 6.42. The number of rotatable bonds is 7. The van der Waals surface area contributed by atoms with Crippen molar-refractivity contribution in [3.05, 3.63) is 46.1 Å². The van der Waals surface area contributed by atoms with Gasteiger partial charge < -0.3 is 24.9 Å². The number of fused-ring (bicyclic) bond motifs is 3. The molecule has 1 atom stereocenters. The van der Waals surface area contributed by atoms with Gasteiger partial charge in [-0.3, -0.25) is 9.59 Å². The minimum absolute atomic E-state index is 0.201. The summed E-state index contributed by atoms with van der Waals surface area (Å²) in [6.45, 7) is -0.271. The molecule has 2 amide bonds. The molecule has 3 aliphatic rings. The number of benzene rings is 1. The van der Waals surface area contributed by atoms with Crippen LogP contribution in [-0.2, 0) is 4.79 Å². The van der Waals surface area contributed by atoms with Gasteiger partial charge in [-0.2, -0.15) is 8.78 Å². The second-order valence-electron chi connectivity index (χ2n) is 8.39. The molecular formula is C21H21Cl2F2N3O5. The third kappa shape index (κ3) is 4.92. The monoisotopic (exact) mass is 503 g/mol. The van der Waals surface area contributed by atoms with Crippen LogP contribution < -0.4 is 15.4 Å². The highest BCUT2D eigenvalue weighted by atomic mass is 35.5. The number of carbonyl (C=O) groups is 2. The number of hydrogen-bond donors (Lipinski definition) is 3. The van der Waals surface area contributed by atoms with Crippen LogP contribution >= 0.6 is 23.2 Å². The van der Waals surface area contributed by atoms with Gasteiger partial charge in [0.15, 0.2) is 12.3 Å². The Kier molecular flexibility index (Phi) is 6.52. The molecule has 0 aliphatic heterocycles. The Balaban J connectivity index is 1.34. The fraction of sp³-hybridized carbons (Fsp3) is 0.476. The largest absolute Gasteiger partial charge is 0.484 e. The normalized spacial score (nSPS) is 26.3. The van der Waals surface area contributed by atoms with Crippen molar-refractivity contribution in [1.82, 2.24) is 15.6 Å². The number of halogens is 4. The van der Waals surface area contributed by atoms with E-state index in [4.69, 9.17) is 27.9 Å². The van der Waals surface area contributed by atoms with E-state index in [1.807, 2.05) is 0 Å². The molecule has 0 radical (unpaired) electrons. The predicted molar refractivity (Wildman–Crippen MR) is 114 cm³/mol. The number of aromatic nitrogens is 1. The standard InChI is InChI=1S/C21H21Cl2F2N3O5/c22-12-2-1-11(7-13(12)23)32-10-16(30)27-21-5-3-20(4-6-21,8-15(21)29)28-18(31)14-9-33-19(26-14)17(24)25/h1-2,7,9,15,17,29H,3-6,8,10H2,(H,27,30)(H,28,31). The summed E-state index contributed by atoms with van der Waals surface area (Å²) in [7, 11) is 0. The summed E-state index contributed by atoms with van der Waals surface area (Å²) in [6.07, 6.45) is -0.918. The highest BCUT2D eigenvalue weighted by Gasteiger charge is 2.55. The quantitative estimate of drug-likeness (QED) is 0.531. The van der Waals surface area contributed by atoms with Crippen LogP contribution in [0.15, 0.2) is 28.9 Å². The second kappa shape index (κ2) is 9.08. The zero-order chi connectivity index (χ0) is 23.8. The van der Waals surface area contributed by atoms with E-state index in [2.05, 4.69) is 20.0 Å². The van der Waals surface area contributed by atoms with Gasteiger partial charge in [-0.15, -0.1) is 0 Å². The Labute approximate surface area is 197 Å².